The fourth-order valence-corrected chi connectivity index (χ4v) is 1.88. The molecule has 0 saturated carbocycles. The molecule has 0 bridgehead atoms. The lowest BCUT2D eigenvalue weighted by atomic mass is 10.0. The predicted octanol–water partition coefficient (Wildman–Crippen LogP) is 1.55. The minimum atomic E-state index is -0.110. The first-order valence-corrected chi connectivity index (χ1v) is 4.82. The summed E-state index contributed by atoms with van der Waals surface area (Å²) in [7, 11) is 0. The van der Waals surface area contributed by atoms with Crippen LogP contribution in [0.15, 0.2) is 0 Å². The Balaban J connectivity index is 2.77. The lowest BCUT2D eigenvalue weighted by molar-refractivity contribution is -0.130. The van der Waals surface area contributed by atoms with Gasteiger partial charge in [0.05, 0.1) is 12.0 Å². The number of amides is 1. The highest BCUT2D eigenvalue weighted by Crippen LogP contribution is 2.27. The Hall–Kier alpha value is -1.04. The fraction of sp³-hybridized carbons (Fsp3) is 0.800. The standard InChI is InChI=1S/C10H16N2O/c1-4-7(2)12-8(3)9(6-11)5-10(12)13/h7-9H,4-5H2,1-3H3. The van der Waals surface area contributed by atoms with Gasteiger partial charge in [-0.15, -0.1) is 0 Å². The van der Waals surface area contributed by atoms with Crippen molar-refractivity contribution in [1.29, 1.82) is 5.26 Å². The third-order valence-electron chi connectivity index (χ3n) is 2.94. The lowest BCUT2D eigenvalue weighted by Crippen LogP contribution is -2.39. The molecule has 1 saturated heterocycles. The van der Waals surface area contributed by atoms with Gasteiger partial charge < -0.3 is 4.90 Å². The second-order valence-electron chi connectivity index (χ2n) is 3.74. The molecule has 0 aromatic rings. The lowest BCUT2D eigenvalue weighted by Gasteiger charge is -2.28. The number of carbonyl (C=O) groups excluding carboxylic acids is 1. The van der Waals surface area contributed by atoms with E-state index < -0.39 is 0 Å². The zero-order valence-corrected chi connectivity index (χ0v) is 8.45. The maximum atomic E-state index is 11.5. The Morgan fingerprint density at radius 1 is 1.77 bits per heavy atom. The molecule has 0 spiro atoms. The molecule has 3 heteroatoms. The van der Waals surface area contributed by atoms with E-state index in [0.29, 0.717) is 6.42 Å². The second kappa shape index (κ2) is 3.78. The Bertz CT molecular complexity index is 244. The van der Waals surface area contributed by atoms with Gasteiger partial charge in [0.25, 0.3) is 0 Å². The first kappa shape index (κ1) is 10.0. The van der Waals surface area contributed by atoms with Crippen molar-refractivity contribution < 1.29 is 4.79 Å². The fourth-order valence-electron chi connectivity index (χ4n) is 1.88. The molecular weight excluding hydrogens is 164 g/mol. The zero-order chi connectivity index (χ0) is 10.0. The van der Waals surface area contributed by atoms with Crippen molar-refractivity contribution in [3.63, 3.8) is 0 Å². The van der Waals surface area contributed by atoms with Crippen molar-refractivity contribution >= 4 is 5.91 Å². The van der Waals surface area contributed by atoms with Crippen LogP contribution in [0.1, 0.15) is 33.6 Å². The summed E-state index contributed by atoms with van der Waals surface area (Å²) in [5, 5.41) is 8.80. The summed E-state index contributed by atoms with van der Waals surface area (Å²) in [6.45, 7) is 6.06. The number of nitriles is 1. The van der Waals surface area contributed by atoms with Gasteiger partial charge in [0.15, 0.2) is 0 Å². The zero-order valence-electron chi connectivity index (χ0n) is 8.45. The van der Waals surface area contributed by atoms with Gasteiger partial charge in [0.1, 0.15) is 0 Å². The average molecular weight is 180 g/mol. The topological polar surface area (TPSA) is 44.1 Å². The highest BCUT2D eigenvalue weighted by atomic mass is 16.2. The SMILES string of the molecule is CCC(C)N1C(=O)CC(C#N)C1C. The first-order chi connectivity index (χ1) is 6.11. The van der Waals surface area contributed by atoms with Crippen LogP contribution in [0.2, 0.25) is 0 Å². The van der Waals surface area contributed by atoms with Gasteiger partial charge >= 0.3 is 0 Å². The van der Waals surface area contributed by atoms with Crippen LogP contribution in [0, 0.1) is 17.2 Å². The van der Waals surface area contributed by atoms with Crippen LogP contribution >= 0.6 is 0 Å². The highest BCUT2D eigenvalue weighted by molar-refractivity contribution is 5.80. The maximum absolute atomic E-state index is 11.5. The molecule has 13 heavy (non-hydrogen) atoms. The second-order valence-corrected chi connectivity index (χ2v) is 3.74. The van der Waals surface area contributed by atoms with Gasteiger partial charge in [-0.3, -0.25) is 4.79 Å². The minimum Gasteiger partial charge on any atom is -0.336 e. The summed E-state index contributed by atoms with van der Waals surface area (Å²) in [5.74, 6) is 0.0231. The molecule has 1 fully saturated rings. The van der Waals surface area contributed by atoms with Crippen LogP contribution < -0.4 is 0 Å². The molecule has 1 amide bonds. The third-order valence-corrected chi connectivity index (χ3v) is 2.94. The Labute approximate surface area is 79.3 Å². The molecule has 0 aromatic heterocycles. The first-order valence-electron chi connectivity index (χ1n) is 4.82. The van der Waals surface area contributed by atoms with Gasteiger partial charge in [-0.2, -0.15) is 5.26 Å². The van der Waals surface area contributed by atoms with Crippen molar-refractivity contribution in [2.45, 2.75) is 45.7 Å². The van der Waals surface area contributed by atoms with E-state index in [1.807, 2.05) is 18.7 Å². The van der Waals surface area contributed by atoms with E-state index in [4.69, 9.17) is 5.26 Å². The van der Waals surface area contributed by atoms with Crippen molar-refractivity contribution in [2.24, 2.45) is 5.92 Å². The van der Waals surface area contributed by atoms with E-state index in [9.17, 15) is 4.79 Å². The molecule has 1 aliphatic heterocycles. The van der Waals surface area contributed by atoms with Crippen LogP contribution in [0.4, 0.5) is 0 Å². The summed E-state index contributed by atoms with van der Waals surface area (Å²) in [4.78, 5) is 13.4. The number of hydrogen-bond acceptors (Lipinski definition) is 2. The molecule has 0 radical (unpaired) electrons. The molecule has 72 valence electrons. The molecule has 0 N–H and O–H groups in total. The molecule has 3 atom stereocenters. The molecular formula is C10H16N2O. The molecule has 3 nitrogen and oxygen atoms in total. The van der Waals surface area contributed by atoms with E-state index in [1.165, 1.54) is 0 Å². The van der Waals surface area contributed by atoms with Crippen LogP contribution in [0.5, 0.6) is 0 Å². The quantitative estimate of drug-likeness (QED) is 0.647. The monoisotopic (exact) mass is 180 g/mol. The summed E-state index contributed by atoms with van der Waals surface area (Å²) in [5.41, 5.74) is 0. The van der Waals surface area contributed by atoms with Crippen LogP contribution in [-0.4, -0.2) is 22.9 Å². The highest BCUT2D eigenvalue weighted by Gasteiger charge is 2.38. The van der Waals surface area contributed by atoms with Crippen molar-refractivity contribution in [2.75, 3.05) is 0 Å². The maximum Gasteiger partial charge on any atom is 0.224 e. The molecule has 1 aliphatic rings. The predicted molar refractivity (Wildman–Crippen MR) is 49.8 cm³/mol. The molecule has 1 rings (SSSR count). The van der Waals surface area contributed by atoms with E-state index in [-0.39, 0.29) is 23.9 Å². The molecule has 0 aromatic carbocycles. The Morgan fingerprint density at radius 2 is 2.38 bits per heavy atom. The summed E-state index contributed by atoms with van der Waals surface area (Å²) in [6, 6.07) is 2.55. The van der Waals surface area contributed by atoms with Gasteiger partial charge in [-0.05, 0) is 20.3 Å². The van der Waals surface area contributed by atoms with Crippen LogP contribution in [0.25, 0.3) is 0 Å². The number of hydrogen-bond donors (Lipinski definition) is 0. The molecule has 1 heterocycles. The van der Waals surface area contributed by atoms with Crippen molar-refractivity contribution in [3.05, 3.63) is 0 Å². The largest absolute Gasteiger partial charge is 0.336 e. The molecule has 3 unspecified atom stereocenters. The normalized spacial score (nSPS) is 30.3. The van der Waals surface area contributed by atoms with E-state index in [1.54, 1.807) is 0 Å². The van der Waals surface area contributed by atoms with Crippen LogP contribution in [-0.2, 0) is 4.79 Å². The third kappa shape index (κ3) is 1.67. The van der Waals surface area contributed by atoms with Gasteiger partial charge in [0.2, 0.25) is 5.91 Å². The van der Waals surface area contributed by atoms with Crippen LogP contribution in [0.3, 0.4) is 0 Å². The van der Waals surface area contributed by atoms with Crippen molar-refractivity contribution in [3.8, 4) is 6.07 Å². The Morgan fingerprint density at radius 3 is 2.77 bits per heavy atom. The summed E-state index contributed by atoms with van der Waals surface area (Å²) >= 11 is 0. The number of rotatable bonds is 2. The van der Waals surface area contributed by atoms with Gasteiger partial charge in [-0.25, -0.2) is 0 Å². The minimum absolute atomic E-state index is 0.0902. The Kier molecular flexibility index (Phi) is 2.92. The average Bonchev–Trinajstić information content (AvgIpc) is 2.40. The van der Waals surface area contributed by atoms with Gasteiger partial charge in [-0.1, -0.05) is 6.92 Å². The number of carbonyl (C=O) groups is 1. The van der Waals surface area contributed by atoms with E-state index >= 15 is 0 Å². The smallest absolute Gasteiger partial charge is 0.224 e. The number of likely N-dealkylation sites (tertiary alicyclic amines) is 1. The van der Waals surface area contributed by atoms with E-state index in [2.05, 4.69) is 13.0 Å². The van der Waals surface area contributed by atoms with E-state index in [0.717, 1.165) is 6.42 Å². The van der Waals surface area contributed by atoms with Crippen molar-refractivity contribution in [1.82, 2.24) is 4.90 Å². The van der Waals surface area contributed by atoms with Gasteiger partial charge in [0, 0.05) is 18.5 Å². The number of nitrogens with zero attached hydrogens (tertiary/aromatic N) is 2. The summed E-state index contributed by atoms with van der Waals surface area (Å²) < 4.78 is 0. The summed E-state index contributed by atoms with van der Waals surface area (Å²) in [6.07, 6.45) is 1.36. The molecule has 0 aliphatic carbocycles.